The molecule has 0 aliphatic heterocycles. The van der Waals surface area contributed by atoms with Crippen molar-refractivity contribution in [2.45, 2.75) is 59.8 Å². The fourth-order valence-corrected chi connectivity index (χ4v) is 1.32. The van der Waals surface area contributed by atoms with Crippen LogP contribution >= 0.6 is 0 Å². The SMILES string of the molecule is CCC[C](CC)CCC(C)C. The highest BCUT2D eigenvalue weighted by molar-refractivity contribution is 4.87. The molecule has 0 spiro atoms. The fourth-order valence-electron chi connectivity index (χ4n) is 1.32. The normalized spacial score (nSPS) is 11.5. The van der Waals surface area contributed by atoms with Crippen molar-refractivity contribution >= 4 is 0 Å². The Balaban J connectivity index is 3.35. The number of hydrogen-bond acceptors (Lipinski definition) is 0. The molecule has 0 N–H and O–H groups in total. The van der Waals surface area contributed by atoms with Gasteiger partial charge in [0.05, 0.1) is 0 Å². The Kier molecular flexibility index (Phi) is 6.69. The maximum absolute atomic E-state index is 2.30. The Morgan fingerprint density at radius 1 is 1.09 bits per heavy atom. The van der Waals surface area contributed by atoms with Crippen molar-refractivity contribution in [3.05, 3.63) is 5.92 Å². The summed E-state index contributed by atoms with van der Waals surface area (Å²) >= 11 is 0. The molecule has 0 aromatic carbocycles. The Hall–Kier alpha value is 0. The van der Waals surface area contributed by atoms with Crippen LogP contribution in [0.15, 0.2) is 0 Å². The van der Waals surface area contributed by atoms with Gasteiger partial charge in [-0.2, -0.15) is 0 Å². The van der Waals surface area contributed by atoms with Gasteiger partial charge in [0.25, 0.3) is 0 Å². The summed E-state index contributed by atoms with van der Waals surface area (Å²) in [6.45, 7) is 9.16. The Labute approximate surface area is 72.4 Å². The summed E-state index contributed by atoms with van der Waals surface area (Å²) in [6, 6.07) is 0. The minimum Gasteiger partial charge on any atom is -0.0654 e. The summed E-state index contributed by atoms with van der Waals surface area (Å²) in [6.07, 6.45) is 6.70. The maximum atomic E-state index is 2.30. The van der Waals surface area contributed by atoms with Gasteiger partial charge in [-0.1, -0.05) is 40.5 Å². The van der Waals surface area contributed by atoms with E-state index in [4.69, 9.17) is 0 Å². The highest BCUT2D eigenvalue weighted by Crippen LogP contribution is 2.21. The average Bonchev–Trinajstić information content (AvgIpc) is 1.97. The Bertz CT molecular complexity index is 74.1. The van der Waals surface area contributed by atoms with E-state index in [-0.39, 0.29) is 0 Å². The molecule has 0 aliphatic carbocycles. The van der Waals surface area contributed by atoms with Crippen LogP contribution in [0.1, 0.15) is 59.8 Å². The van der Waals surface area contributed by atoms with Crippen LogP contribution in [-0.2, 0) is 0 Å². The number of hydrogen-bond donors (Lipinski definition) is 0. The molecule has 0 unspecified atom stereocenters. The van der Waals surface area contributed by atoms with E-state index < -0.39 is 0 Å². The van der Waals surface area contributed by atoms with E-state index in [1.54, 1.807) is 5.92 Å². The van der Waals surface area contributed by atoms with E-state index >= 15 is 0 Å². The monoisotopic (exact) mass is 155 g/mol. The first kappa shape index (κ1) is 11.0. The van der Waals surface area contributed by atoms with Gasteiger partial charge in [0.2, 0.25) is 0 Å². The molecule has 0 amide bonds. The molecular weight excluding hydrogens is 132 g/mol. The molecule has 0 saturated heterocycles. The average molecular weight is 155 g/mol. The number of rotatable bonds is 6. The molecule has 67 valence electrons. The van der Waals surface area contributed by atoms with Gasteiger partial charge in [-0.25, -0.2) is 0 Å². The summed E-state index contributed by atoms with van der Waals surface area (Å²) in [7, 11) is 0. The van der Waals surface area contributed by atoms with E-state index in [1.807, 2.05) is 0 Å². The molecule has 0 heterocycles. The van der Waals surface area contributed by atoms with Gasteiger partial charge in [0, 0.05) is 0 Å². The van der Waals surface area contributed by atoms with Crippen molar-refractivity contribution in [2.75, 3.05) is 0 Å². The molecule has 0 heteroatoms. The first-order valence-electron chi connectivity index (χ1n) is 5.04. The van der Waals surface area contributed by atoms with Crippen LogP contribution in [0.5, 0.6) is 0 Å². The molecule has 0 bridgehead atoms. The molecule has 0 saturated carbocycles. The second kappa shape index (κ2) is 6.69. The molecule has 0 rings (SSSR count). The van der Waals surface area contributed by atoms with Crippen molar-refractivity contribution in [3.8, 4) is 0 Å². The van der Waals surface area contributed by atoms with Crippen LogP contribution in [0.25, 0.3) is 0 Å². The van der Waals surface area contributed by atoms with Crippen LogP contribution in [0.4, 0.5) is 0 Å². The van der Waals surface area contributed by atoms with E-state index in [0.29, 0.717) is 0 Å². The van der Waals surface area contributed by atoms with E-state index in [9.17, 15) is 0 Å². The predicted octanol–water partition coefficient (Wildman–Crippen LogP) is 4.21. The molecule has 0 aliphatic rings. The van der Waals surface area contributed by atoms with Gasteiger partial charge in [-0.3, -0.25) is 0 Å². The topological polar surface area (TPSA) is 0 Å². The standard InChI is InChI=1S/C11H23/c1-5-7-11(6-2)9-8-10(3)4/h10H,5-9H2,1-4H3. The van der Waals surface area contributed by atoms with Crippen molar-refractivity contribution in [1.29, 1.82) is 0 Å². The van der Waals surface area contributed by atoms with Crippen LogP contribution < -0.4 is 0 Å². The summed E-state index contributed by atoms with van der Waals surface area (Å²) in [5, 5.41) is 0. The van der Waals surface area contributed by atoms with E-state index in [2.05, 4.69) is 27.7 Å². The molecule has 11 heavy (non-hydrogen) atoms. The third kappa shape index (κ3) is 6.40. The first-order chi connectivity index (χ1) is 5.20. The van der Waals surface area contributed by atoms with Crippen molar-refractivity contribution in [3.63, 3.8) is 0 Å². The summed E-state index contributed by atoms with van der Waals surface area (Å²) in [5.74, 6) is 2.63. The predicted molar refractivity (Wildman–Crippen MR) is 52.5 cm³/mol. The highest BCUT2D eigenvalue weighted by atomic mass is 14.1. The van der Waals surface area contributed by atoms with Crippen molar-refractivity contribution in [1.82, 2.24) is 0 Å². The first-order valence-corrected chi connectivity index (χ1v) is 5.04. The molecule has 0 atom stereocenters. The summed E-state index contributed by atoms with van der Waals surface area (Å²) in [4.78, 5) is 0. The lowest BCUT2D eigenvalue weighted by Gasteiger charge is -2.13. The Morgan fingerprint density at radius 2 is 1.73 bits per heavy atom. The zero-order valence-corrected chi connectivity index (χ0v) is 8.61. The minimum absolute atomic E-state index is 0.869. The molecular formula is C11H23. The molecule has 0 aromatic rings. The van der Waals surface area contributed by atoms with Gasteiger partial charge >= 0.3 is 0 Å². The zero-order chi connectivity index (χ0) is 8.69. The largest absolute Gasteiger partial charge is 0.0654 e. The highest BCUT2D eigenvalue weighted by Gasteiger charge is 2.05. The quantitative estimate of drug-likeness (QED) is 0.539. The van der Waals surface area contributed by atoms with Gasteiger partial charge in [-0.15, -0.1) is 0 Å². The molecule has 0 fully saturated rings. The lowest BCUT2D eigenvalue weighted by atomic mass is 9.92. The van der Waals surface area contributed by atoms with Crippen molar-refractivity contribution < 1.29 is 0 Å². The van der Waals surface area contributed by atoms with Crippen molar-refractivity contribution in [2.24, 2.45) is 5.92 Å². The van der Waals surface area contributed by atoms with Gasteiger partial charge < -0.3 is 0 Å². The smallest absolute Gasteiger partial charge is 0.0244 e. The molecule has 1 radical (unpaired) electrons. The summed E-state index contributed by atoms with van der Waals surface area (Å²) in [5.41, 5.74) is 0. The van der Waals surface area contributed by atoms with Gasteiger partial charge in [-0.05, 0) is 31.1 Å². The zero-order valence-electron chi connectivity index (χ0n) is 8.61. The third-order valence-corrected chi connectivity index (χ3v) is 2.18. The van der Waals surface area contributed by atoms with E-state index in [1.165, 1.54) is 32.1 Å². The lowest BCUT2D eigenvalue weighted by molar-refractivity contribution is 0.531. The minimum atomic E-state index is 0.869. The fraction of sp³-hybridized carbons (Fsp3) is 0.909. The molecule has 0 aromatic heterocycles. The van der Waals surface area contributed by atoms with Gasteiger partial charge in [0.15, 0.2) is 0 Å². The summed E-state index contributed by atoms with van der Waals surface area (Å²) < 4.78 is 0. The maximum Gasteiger partial charge on any atom is -0.0244 e. The lowest BCUT2D eigenvalue weighted by Crippen LogP contribution is -1.98. The second-order valence-corrected chi connectivity index (χ2v) is 3.79. The third-order valence-electron chi connectivity index (χ3n) is 2.18. The van der Waals surface area contributed by atoms with Crippen LogP contribution in [0, 0.1) is 11.8 Å². The van der Waals surface area contributed by atoms with Crippen LogP contribution in [0.2, 0.25) is 0 Å². The second-order valence-electron chi connectivity index (χ2n) is 3.79. The Morgan fingerprint density at radius 3 is 2.09 bits per heavy atom. The van der Waals surface area contributed by atoms with Crippen LogP contribution in [0.3, 0.4) is 0 Å². The van der Waals surface area contributed by atoms with E-state index in [0.717, 1.165) is 5.92 Å². The molecule has 0 nitrogen and oxygen atoms in total. The van der Waals surface area contributed by atoms with Gasteiger partial charge in [0.1, 0.15) is 0 Å². The van der Waals surface area contributed by atoms with Crippen LogP contribution in [-0.4, -0.2) is 0 Å².